The fourth-order valence-corrected chi connectivity index (χ4v) is 3.18. The van der Waals surface area contributed by atoms with Crippen LogP contribution in [0.4, 0.5) is 0 Å². The Kier molecular flexibility index (Phi) is 18.2. The highest BCUT2D eigenvalue weighted by Crippen LogP contribution is 2.20. The first-order valence-corrected chi connectivity index (χ1v) is 11.6. The molecule has 0 rings (SSSR count). The lowest BCUT2D eigenvalue weighted by atomic mass is 9.89. The number of unbranched alkanes of at least 4 members (excludes halogenated alkanes) is 13. The first-order chi connectivity index (χ1) is 12.5. The molecule has 1 N–H and O–H groups in total. The van der Waals surface area contributed by atoms with E-state index in [-0.39, 0.29) is 11.5 Å². The van der Waals surface area contributed by atoms with E-state index in [9.17, 15) is 5.11 Å². The summed E-state index contributed by atoms with van der Waals surface area (Å²) in [5.41, 5.74) is 0.176. The summed E-state index contributed by atoms with van der Waals surface area (Å²) in [6, 6.07) is 0. The fourth-order valence-electron chi connectivity index (χ4n) is 3.18. The van der Waals surface area contributed by atoms with Crippen molar-refractivity contribution < 1.29 is 9.84 Å². The molecule has 0 saturated carbocycles. The van der Waals surface area contributed by atoms with Crippen LogP contribution in [0.3, 0.4) is 0 Å². The van der Waals surface area contributed by atoms with Gasteiger partial charge in [0.15, 0.2) is 0 Å². The van der Waals surface area contributed by atoms with Gasteiger partial charge in [-0.15, -0.1) is 0 Å². The molecule has 0 amide bonds. The topological polar surface area (TPSA) is 29.5 Å². The van der Waals surface area contributed by atoms with Crippen molar-refractivity contribution in [2.75, 3.05) is 13.2 Å². The number of hydrogen-bond donors (Lipinski definition) is 1. The first kappa shape index (κ1) is 25.9. The monoisotopic (exact) mass is 369 g/mol. The zero-order valence-corrected chi connectivity index (χ0v) is 18.5. The molecule has 0 aliphatic rings. The van der Waals surface area contributed by atoms with E-state index in [0.29, 0.717) is 6.61 Å². The van der Waals surface area contributed by atoms with Crippen molar-refractivity contribution in [2.24, 2.45) is 5.41 Å². The van der Waals surface area contributed by atoms with Gasteiger partial charge in [0.25, 0.3) is 0 Å². The van der Waals surface area contributed by atoms with Gasteiger partial charge in [-0.25, -0.2) is 0 Å². The number of ether oxygens (including phenoxy) is 1. The Labute approximate surface area is 165 Å². The second kappa shape index (κ2) is 18.3. The van der Waals surface area contributed by atoms with Gasteiger partial charge < -0.3 is 16.3 Å². The minimum atomic E-state index is -0.346. The highest BCUT2D eigenvalue weighted by Gasteiger charge is 2.04. The summed E-state index contributed by atoms with van der Waals surface area (Å²) >= 11 is 0. The smallest absolute Gasteiger partial charge is 0.0700 e. The molecule has 2 nitrogen and oxygen atoms in total. The lowest BCUT2D eigenvalue weighted by Gasteiger charge is -2.31. The van der Waals surface area contributed by atoms with E-state index in [2.05, 4.69) is 34.1 Å². The van der Waals surface area contributed by atoms with Gasteiger partial charge in [0, 0.05) is 6.61 Å². The van der Waals surface area contributed by atoms with E-state index in [0.717, 1.165) is 19.4 Å². The van der Waals surface area contributed by atoms with E-state index in [1.807, 2.05) is 0 Å². The van der Waals surface area contributed by atoms with Gasteiger partial charge in [0.1, 0.15) is 0 Å². The summed E-state index contributed by atoms with van der Waals surface area (Å²) in [6.07, 6.45) is 21.9. The summed E-state index contributed by atoms with van der Waals surface area (Å²) in [4.78, 5) is 0. The standard InChI is InChI=1S/C24H49O2/c1-5-6-7-8-9-10-11-12-13-14-15-16-17-18-21-26-22-23(25)19-20-24(2,3)4/h20,23,25H,5-19,21-22H2,1-4H3/q-1. The Morgan fingerprint density at radius 3 is 1.58 bits per heavy atom. The Hall–Kier alpha value is -0.0800. The van der Waals surface area contributed by atoms with E-state index in [4.69, 9.17) is 4.74 Å². The molecular formula is C24H49O2-. The van der Waals surface area contributed by atoms with Gasteiger partial charge in [0.2, 0.25) is 0 Å². The zero-order valence-electron chi connectivity index (χ0n) is 18.5. The van der Waals surface area contributed by atoms with Crippen LogP contribution in [-0.4, -0.2) is 24.4 Å². The lowest BCUT2D eigenvalue weighted by Crippen LogP contribution is -2.19. The van der Waals surface area contributed by atoms with Gasteiger partial charge in [0.05, 0.1) is 12.7 Å². The molecule has 0 aliphatic heterocycles. The molecule has 0 aromatic heterocycles. The summed E-state index contributed by atoms with van der Waals surface area (Å²) < 4.78 is 5.60. The second-order valence-electron chi connectivity index (χ2n) is 9.13. The molecule has 1 unspecified atom stereocenters. The highest BCUT2D eigenvalue weighted by atomic mass is 16.5. The molecule has 0 heterocycles. The minimum absolute atomic E-state index is 0.176. The predicted molar refractivity (Wildman–Crippen MR) is 116 cm³/mol. The Bertz CT molecular complexity index is 270. The molecule has 2 heteroatoms. The van der Waals surface area contributed by atoms with Crippen LogP contribution in [0.15, 0.2) is 0 Å². The van der Waals surface area contributed by atoms with Crippen LogP contribution in [0, 0.1) is 11.8 Å². The van der Waals surface area contributed by atoms with Gasteiger partial charge in [-0.1, -0.05) is 111 Å². The third-order valence-corrected chi connectivity index (χ3v) is 4.95. The molecule has 0 spiro atoms. The van der Waals surface area contributed by atoms with Crippen molar-refractivity contribution in [2.45, 2.75) is 130 Å². The molecule has 1 atom stereocenters. The number of aliphatic hydroxyl groups excluding tert-OH is 1. The van der Waals surface area contributed by atoms with Crippen molar-refractivity contribution in [3.05, 3.63) is 6.42 Å². The van der Waals surface area contributed by atoms with Crippen molar-refractivity contribution >= 4 is 0 Å². The predicted octanol–water partition coefficient (Wildman–Crippen LogP) is 7.49. The zero-order chi connectivity index (χ0) is 19.5. The lowest BCUT2D eigenvalue weighted by molar-refractivity contribution is 0.0329. The quantitative estimate of drug-likeness (QED) is 0.189. The van der Waals surface area contributed by atoms with Gasteiger partial charge in [-0.3, -0.25) is 0 Å². The van der Waals surface area contributed by atoms with Crippen LogP contribution in [0.5, 0.6) is 0 Å². The average Bonchev–Trinajstić information content (AvgIpc) is 2.59. The molecule has 26 heavy (non-hydrogen) atoms. The normalized spacial score (nSPS) is 13.3. The second-order valence-corrected chi connectivity index (χ2v) is 9.13. The molecule has 0 fully saturated rings. The summed E-state index contributed by atoms with van der Waals surface area (Å²) in [5.74, 6) is 0. The first-order valence-electron chi connectivity index (χ1n) is 11.6. The van der Waals surface area contributed by atoms with Crippen LogP contribution < -0.4 is 0 Å². The number of hydrogen-bond acceptors (Lipinski definition) is 2. The summed E-state index contributed by atoms with van der Waals surface area (Å²) in [7, 11) is 0. The van der Waals surface area contributed by atoms with E-state index < -0.39 is 0 Å². The number of aliphatic hydroxyl groups is 1. The molecule has 0 aromatic rings. The van der Waals surface area contributed by atoms with E-state index >= 15 is 0 Å². The molecular weight excluding hydrogens is 320 g/mol. The summed E-state index contributed by atoms with van der Waals surface area (Å²) in [5, 5.41) is 9.87. The average molecular weight is 370 g/mol. The Balaban J connectivity index is 3.13. The van der Waals surface area contributed by atoms with Crippen molar-refractivity contribution in [1.82, 2.24) is 0 Å². The minimum Gasteiger partial charge on any atom is -0.393 e. The molecule has 0 aromatic carbocycles. The summed E-state index contributed by atoms with van der Waals surface area (Å²) in [6.45, 7) is 10.0. The van der Waals surface area contributed by atoms with Crippen molar-refractivity contribution in [1.29, 1.82) is 0 Å². The fraction of sp³-hybridized carbons (Fsp3) is 0.958. The maximum atomic E-state index is 9.87. The van der Waals surface area contributed by atoms with Gasteiger partial charge in [-0.2, -0.15) is 11.8 Å². The Morgan fingerprint density at radius 1 is 0.731 bits per heavy atom. The maximum absolute atomic E-state index is 9.87. The van der Waals surface area contributed by atoms with Crippen molar-refractivity contribution in [3.8, 4) is 0 Å². The molecule has 0 saturated heterocycles. The van der Waals surface area contributed by atoms with E-state index in [1.165, 1.54) is 83.5 Å². The van der Waals surface area contributed by atoms with Crippen LogP contribution in [0.1, 0.15) is 124 Å². The van der Waals surface area contributed by atoms with Crippen LogP contribution in [0.2, 0.25) is 0 Å². The maximum Gasteiger partial charge on any atom is 0.0700 e. The van der Waals surface area contributed by atoms with Crippen LogP contribution >= 0.6 is 0 Å². The SMILES string of the molecule is CCCCCCCCCCCCCCCCOCC(O)C[CH-]C(C)(C)C. The Morgan fingerprint density at radius 2 is 1.15 bits per heavy atom. The largest absolute Gasteiger partial charge is 0.393 e. The van der Waals surface area contributed by atoms with E-state index in [1.54, 1.807) is 0 Å². The molecule has 0 aliphatic carbocycles. The van der Waals surface area contributed by atoms with Crippen molar-refractivity contribution in [3.63, 3.8) is 0 Å². The molecule has 0 radical (unpaired) electrons. The van der Waals surface area contributed by atoms with Crippen LogP contribution in [-0.2, 0) is 4.74 Å². The van der Waals surface area contributed by atoms with Gasteiger partial charge in [-0.05, 0) is 6.42 Å². The van der Waals surface area contributed by atoms with Crippen LogP contribution in [0.25, 0.3) is 0 Å². The van der Waals surface area contributed by atoms with Gasteiger partial charge >= 0.3 is 0 Å². The molecule has 0 bridgehead atoms. The molecule has 158 valence electrons. The highest BCUT2D eigenvalue weighted by molar-refractivity contribution is 4.82. The third-order valence-electron chi connectivity index (χ3n) is 4.95. The number of rotatable bonds is 19. The third kappa shape index (κ3) is 22.0.